The van der Waals surface area contributed by atoms with E-state index in [1.807, 2.05) is 43.1 Å². The van der Waals surface area contributed by atoms with E-state index in [9.17, 15) is 0 Å². The first-order valence-corrected chi connectivity index (χ1v) is 5.28. The topological polar surface area (TPSA) is 49.2 Å². The summed E-state index contributed by atoms with van der Waals surface area (Å²) in [5.74, 6) is 0.815. The number of likely N-dealkylation sites (N-methyl/N-ethyl adjacent to an activating group) is 1. The van der Waals surface area contributed by atoms with Crippen LogP contribution in [0.15, 0.2) is 24.3 Å². The quantitative estimate of drug-likeness (QED) is 0.843. The number of hydrogen-bond donors (Lipinski definition) is 1. The average molecular weight is 217 g/mol. The lowest BCUT2D eigenvalue weighted by Crippen LogP contribution is -2.23. The highest BCUT2D eigenvalue weighted by molar-refractivity contribution is 5.93. The maximum atomic E-state index is 8.93. The molecule has 4 heteroatoms. The summed E-state index contributed by atoms with van der Waals surface area (Å²) in [5.41, 5.74) is 0.928. The number of fused-ring (bicyclic) bond motifs is 1. The van der Waals surface area contributed by atoms with Crippen molar-refractivity contribution < 1.29 is 5.11 Å². The summed E-state index contributed by atoms with van der Waals surface area (Å²) in [6.07, 6.45) is 0. The summed E-state index contributed by atoms with van der Waals surface area (Å²) in [7, 11) is 1.90. The second kappa shape index (κ2) is 4.45. The number of aliphatic hydroxyl groups excluding tert-OH is 1. The van der Waals surface area contributed by atoms with Crippen molar-refractivity contribution in [1.82, 2.24) is 10.2 Å². The van der Waals surface area contributed by atoms with Gasteiger partial charge in [0.2, 0.25) is 0 Å². The predicted octanol–water partition coefficient (Wildman–Crippen LogP) is 1.37. The van der Waals surface area contributed by atoms with Crippen LogP contribution in [0.2, 0.25) is 0 Å². The molecule has 1 aromatic heterocycles. The fourth-order valence-corrected chi connectivity index (χ4v) is 1.76. The number of hydrogen-bond acceptors (Lipinski definition) is 4. The lowest BCUT2D eigenvalue weighted by Gasteiger charge is -2.18. The zero-order valence-electron chi connectivity index (χ0n) is 9.51. The van der Waals surface area contributed by atoms with Crippen molar-refractivity contribution in [2.24, 2.45) is 0 Å². The Hall–Kier alpha value is -1.68. The minimum absolute atomic E-state index is 0.111. The van der Waals surface area contributed by atoms with E-state index in [4.69, 9.17) is 5.11 Å². The molecule has 0 radical (unpaired) electrons. The molecule has 4 nitrogen and oxygen atoms in total. The number of nitrogens with zero attached hydrogens (tertiary/aromatic N) is 3. The SMILES string of the molecule is Cc1nnc(N(C)CCO)c2ccccc12. The highest BCUT2D eigenvalue weighted by Crippen LogP contribution is 2.24. The van der Waals surface area contributed by atoms with Gasteiger partial charge >= 0.3 is 0 Å². The van der Waals surface area contributed by atoms with Gasteiger partial charge in [-0.3, -0.25) is 0 Å². The Bertz CT molecular complexity index is 499. The predicted molar refractivity (Wildman–Crippen MR) is 64.6 cm³/mol. The maximum absolute atomic E-state index is 8.93. The molecule has 0 aliphatic carbocycles. The average Bonchev–Trinajstić information content (AvgIpc) is 2.30. The molecular weight excluding hydrogens is 202 g/mol. The zero-order chi connectivity index (χ0) is 11.5. The molecule has 1 heterocycles. The van der Waals surface area contributed by atoms with Crippen molar-refractivity contribution in [3.8, 4) is 0 Å². The maximum Gasteiger partial charge on any atom is 0.159 e. The molecule has 16 heavy (non-hydrogen) atoms. The van der Waals surface area contributed by atoms with Crippen molar-refractivity contribution in [3.63, 3.8) is 0 Å². The smallest absolute Gasteiger partial charge is 0.159 e. The van der Waals surface area contributed by atoms with Crippen molar-refractivity contribution in [3.05, 3.63) is 30.0 Å². The summed E-state index contributed by atoms with van der Waals surface area (Å²) in [5, 5.41) is 19.4. The molecule has 84 valence electrons. The first-order valence-electron chi connectivity index (χ1n) is 5.28. The Morgan fingerprint density at radius 1 is 1.19 bits per heavy atom. The monoisotopic (exact) mass is 217 g/mol. The van der Waals surface area contributed by atoms with Crippen LogP contribution in [-0.4, -0.2) is 35.5 Å². The lowest BCUT2D eigenvalue weighted by molar-refractivity contribution is 0.304. The number of anilines is 1. The Morgan fingerprint density at radius 3 is 2.56 bits per heavy atom. The summed E-state index contributed by atoms with van der Waals surface area (Å²) < 4.78 is 0. The van der Waals surface area contributed by atoms with Gasteiger partial charge in [0.05, 0.1) is 12.3 Å². The fraction of sp³-hybridized carbons (Fsp3) is 0.333. The van der Waals surface area contributed by atoms with Crippen LogP contribution in [0.1, 0.15) is 5.69 Å². The molecule has 0 amide bonds. The lowest BCUT2D eigenvalue weighted by atomic mass is 10.1. The molecular formula is C12H15N3O. The third kappa shape index (κ3) is 1.84. The normalized spacial score (nSPS) is 10.7. The number of benzene rings is 1. The van der Waals surface area contributed by atoms with E-state index in [0.29, 0.717) is 6.54 Å². The molecule has 0 spiro atoms. The first kappa shape index (κ1) is 10.8. The van der Waals surface area contributed by atoms with Crippen LogP contribution in [0.3, 0.4) is 0 Å². The van der Waals surface area contributed by atoms with Crippen molar-refractivity contribution in [2.75, 3.05) is 25.1 Å². The third-order valence-electron chi connectivity index (χ3n) is 2.65. The molecule has 0 bridgehead atoms. The number of rotatable bonds is 3. The highest BCUT2D eigenvalue weighted by atomic mass is 16.3. The van der Waals surface area contributed by atoms with Gasteiger partial charge in [-0.25, -0.2) is 0 Å². The van der Waals surface area contributed by atoms with Gasteiger partial charge in [-0.15, -0.1) is 5.10 Å². The second-order valence-electron chi connectivity index (χ2n) is 3.80. The minimum Gasteiger partial charge on any atom is -0.395 e. The minimum atomic E-state index is 0.111. The molecule has 0 atom stereocenters. The standard InChI is InChI=1S/C12H15N3O/c1-9-10-5-3-4-6-11(10)12(14-13-9)15(2)7-8-16/h3-6,16H,7-8H2,1-2H3. The van der Waals surface area contributed by atoms with Gasteiger partial charge in [0.15, 0.2) is 5.82 Å². The highest BCUT2D eigenvalue weighted by Gasteiger charge is 2.09. The molecule has 2 aromatic rings. The molecule has 0 fully saturated rings. The van der Waals surface area contributed by atoms with Gasteiger partial charge in [-0.1, -0.05) is 24.3 Å². The van der Waals surface area contributed by atoms with Crippen LogP contribution in [0, 0.1) is 6.92 Å². The second-order valence-corrected chi connectivity index (χ2v) is 3.80. The van der Waals surface area contributed by atoms with Crippen LogP contribution in [0.25, 0.3) is 10.8 Å². The van der Waals surface area contributed by atoms with Crippen LogP contribution >= 0.6 is 0 Å². The van der Waals surface area contributed by atoms with E-state index in [-0.39, 0.29) is 6.61 Å². The molecule has 1 N–H and O–H groups in total. The molecule has 0 aliphatic heterocycles. The van der Waals surface area contributed by atoms with Crippen LogP contribution < -0.4 is 4.90 Å². The van der Waals surface area contributed by atoms with Crippen LogP contribution in [0.5, 0.6) is 0 Å². The van der Waals surface area contributed by atoms with Crippen LogP contribution in [0.4, 0.5) is 5.82 Å². The van der Waals surface area contributed by atoms with Gasteiger partial charge in [0.25, 0.3) is 0 Å². The first-order chi connectivity index (χ1) is 7.74. The van der Waals surface area contributed by atoms with Crippen molar-refractivity contribution in [1.29, 1.82) is 0 Å². The van der Waals surface area contributed by atoms with E-state index in [1.165, 1.54) is 0 Å². The van der Waals surface area contributed by atoms with Gasteiger partial charge in [0, 0.05) is 24.4 Å². The third-order valence-corrected chi connectivity index (χ3v) is 2.65. The summed E-state index contributed by atoms with van der Waals surface area (Å²) >= 11 is 0. The zero-order valence-corrected chi connectivity index (χ0v) is 9.51. The fourth-order valence-electron chi connectivity index (χ4n) is 1.76. The van der Waals surface area contributed by atoms with Gasteiger partial charge in [-0.2, -0.15) is 5.10 Å². The molecule has 0 saturated heterocycles. The number of aromatic nitrogens is 2. The van der Waals surface area contributed by atoms with Crippen molar-refractivity contribution >= 4 is 16.6 Å². The molecule has 0 unspecified atom stereocenters. The molecule has 0 aliphatic rings. The van der Waals surface area contributed by atoms with E-state index in [0.717, 1.165) is 22.3 Å². The summed E-state index contributed by atoms with van der Waals surface area (Å²) in [6.45, 7) is 2.62. The Labute approximate surface area is 94.5 Å². The summed E-state index contributed by atoms with van der Waals surface area (Å²) in [6, 6.07) is 8.04. The van der Waals surface area contributed by atoms with E-state index >= 15 is 0 Å². The Kier molecular flexibility index (Phi) is 3.01. The number of aliphatic hydroxyl groups is 1. The largest absolute Gasteiger partial charge is 0.395 e. The Morgan fingerprint density at radius 2 is 1.88 bits per heavy atom. The number of aryl methyl sites for hydroxylation is 1. The molecule has 1 aromatic carbocycles. The van der Waals surface area contributed by atoms with Crippen LogP contribution in [-0.2, 0) is 0 Å². The van der Waals surface area contributed by atoms with E-state index in [2.05, 4.69) is 10.2 Å². The van der Waals surface area contributed by atoms with Crippen molar-refractivity contribution in [2.45, 2.75) is 6.92 Å². The Balaban J connectivity index is 2.58. The van der Waals surface area contributed by atoms with Gasteiger partial charge < -0.3 is 10.0 Å². The summed E-state index contributed by atoms with van der Waals surface area (Å²) in [4.78, 5) is 1.91. The van der Waals surface area contributed by atoms with E-state index < -0.39 is 0 Å². The van der Waals surface area contributed by atoms with E-state index in [1.54, 1.807) is 0 Å². The van der Waals surface area contributed by atoms with Gasteiger partial charge in [0.1, 0.15) is 0 Å². The molecule has 2 rings (SSSR count). The molecule has 0 saturated carbocycles. The van der Waals surface area contributed by atoms with Gasteiger partial charge in [-0.05, 0) is 6.92 Å².